The Balaban J connectivity index is 2.38. The summed E-state index contributed by atoms with van der Waals surface area (Å²) >= 11 is 0. The lowest BCUT2D eigenvalue weighted by Crippen LogP contribution is -2.26. The zero-order valence-corrected chi connectivity index (χ0v) is 13.6. The van der Waals surface area contributed by atoms with E-state index in [1.165, 1.54) is 11.0 Å². The number of carbonyl (C=O) groups is 1. The minimum Gasteiger partial charge on any atom is -0.306 e. The standard InChI is InChI=1S/C13H15ClN2O5S/c1-8-3-11(12(16(18)19)4-9(8)2)15-6-10(5-13(15)17)7-22(14,20)21/h3-4,10H,5-7H2,1-2H3. The number of hydrogen-bond acceptors (Lipinski definition) is 5. The summed E-state index contributed by atoms with van der Waals surface area (Å²) in [6.45, 7) is 3.65. The van der Waals surface area contributed by atoms with Crippen molar-refractivity contribution >= 4 is 37.0 Å². The second-order valence-corrected chi connectivity index (χ2v) is 8.28. The second-order valence-electron chi connectivity index (χ2n) is 5.46. The molecule has 1 aliphatic rings. The fourth-order valence-electron chi connectivity index (χ4n) is 2.56. The van der Waals surface area contributed by atoms with Gasteiger partial charge >= 0.3 is 0 Å². The molecule has 1 atom stereocenters. The van der Waals surface area contributed by atoms with Crippen LogP contribution in [0.3, 0.4) is 0 Å². The highest BCUT2D eigenvalue weighted by atomic mass is 35.7. The molecule has 1 aromatic carbocycles. The number of rotatable bonds is 4. The van der Waals surface area contributed by atoms with Crippen LogP contribution >= 0.6 is 10.7 Å². The van der Waals surface area contributed by atoms with Crippen LogP contribution in [0.1, 0.15) is 17.5 Å². The Bertz CT molecular complexity index is 747. The Kier molecular flexibility index (Phi) is 4.44. The monoisotopic (exact) mass is 346 g/mol. The van der Waals surface area contributed by atoms with Crippen LogP contribution in [0, 0.1) is 29.9 Å². The summed E-state index contributed by atoms with van der Waals surface area (Å²) < 4.78 is 22.3. The first-order valence-corrected chi connectivity index (χ1v) is 9.04. The van der Waals surface area contributed by atoms with Crippen molar-refractivity contribution in [2.75, 3.05) is 17.2 Å². The number of nitro groups is 1. The minimum atomic E-state index is -3.72. The predicted octanol–water partition coefficient (Wildman–Crippen LogP) is 2.13. The molecule has 9 heteroatoms. The fraction of sp³-hybridized carbons (Fsp3) is 0.462. The minimum absolute atomic E-state index is 0.00995. The van der Waals surface area contributed by atoms with Crippen LogP contribution in [0.25, 0.3) is 0 Å². The van der Waals surface area contributed by atoms with Gasteiger partial charge in [-0.15, -0.1) is 0 Å². The quantitative estimate of drug-likeness (QED) is 0.472. The van der Waals surface area contributed by atoms with Crippen molar-refractivity contribution in [2.45, 2.75) is 20.3 Å². The molecule has 22 heavy (non-hydrogen) atoms. The Morgan fingerprint density at radius 1 is 1.36 bits per heavy atom. The van der Waals surface area contributed by atoms with Crippen LogP contribution in [-0.4, -0.2) is 31.5 Å². The van der Waals surface area contributed by atoms with Gasteiger partial charge in [-0.1, -0.05) is 0 Å². The van der Waals surface area contributed by atoms with Crippen LogP contribution in [0.15, 0.2) is 12.1 Å². The normalized spacial score (nSPS) is 18.8. The smallest absolute Gasteiger partial charge is 0.293 e. The first-order chi connectivity index (χ1) is 10.1. The van der Waals surface area contributed by atoms with E-state index < -0.39 is 19.9 Å². The van der Waals surface area contributed by atoms with Crippen LogP contribution in [0.5, 0.6) is 0 Å². The summed E-state index contributed by atoms with van der Waals surface area (Å²) in [5.74, 6) is -1.12. The number of nitrogens with zero attached hydrogens (tertiary/aromatic N) is 2. The van der Waals surface area contributed by atoms with Crippen LogP contribution in [0.2, 0.25) is 0 Å². The van der Waals surface area contributed by atoms with Gasteiger partial charge in [-0.3, -0.25) is 14.9 Å². The Morgan fingerprint density at radius 3 is 2.50 bits per heavy atom. The summed E-state index contributed by atoms with van der Waals surface area (Å²) in [4.78, 5) is 24.1. The van der Waals surface area contributed by atoms with Gasteiger partial charge in [-0.05, 0) is 31.0 Å². The van der Waals surface area contributed by atoms with Gasteiger partial charge in [0.05, 0.1) is 10.7 Å². The van der Waals surface area contributed by atoms with E-state index in [1.807, 2.05) is 0 Å². The maximum absolute atomic E-state index is 12.1. The number of hydrogen-bond donors (Lipinski definition) is 0. The van der Waals surface area contributed by atoms with Crippen molar-refractivity contribution in [3.05, 3.63) is 33.4 Å². The molecule has 0 bridgehead atoms. The van der Waals surface area contributed by atoms with Gasteiger partial charge < -0.3 is 4.90 Å². The highest BCUT2D eigenvalue weighted by Crippen LogP contribution is 2.35. The SMILES string of the molecule is Cc1cc(N2CC(CS(=O)(=O)Cl)CC2=O)c([N+](=O)[O-])cc1C. The molecule has 1 saturated heterocycles. The molecule has 0 spiro atoms. The molecule has 0 N–H and O–H groups in total. The third-order valence-corrected chi connectivity index (χ3v) is 4.97. The van der Waals surface area contributed by atoms with Gasteiger partial charge in [-0.25, -0.2) is 8.42 Å². The zero-order valence-electron chi connectivity index (χ0n) is 12.1. The molecule has 0 aliphatic carbocycles. The van der Waals surface area contributed by atoms with Gasteiger partial charge in [0.2, 0.25) is 15.0 Å². The zero-order chi connectivity index (χ0) is 16.7. The number of aryl methyl sites for hydroxylation is 2. The molecule has 7 nitrogen and oxygen atoms in total. The number of carbonyl (C=O) groups excluding carboxylic acids is 1. The van der Waals surface area contributed by atoms with E-state index >= 15 is 0 Å². The number of benzene rings is 1. The van der Waals surface area contributed by atoms with Gasteiger partial charge in [0, 0.05) is 35.6 Å². The van der Waals surface area contributed by atoms with E-state index in [9.17, 15) is 23.3 Å². The number of nitro benzene ring substituents is 1. The van der Waals surface area contributed by atoms with Crippen LogP contribution in [0.4, 0.5) is 11.4 Å². The van der Waals surface area contributed by atoms with E-state index in [4.69, 9.17) is 10.7 Å². The molecule has 0 aromatic heterocycles. The van der Waals surface area contributed by atoms with Crippen molar-refractivity contribution in [2.24, 2.45) is 5.92 Å². The first kappa shape index (κ1) is 16.7. The summed E-state index contributed by atoms with van der Waals surface area (Å²) in [6, 6.07) is 3.01. The molecule has 1 unspecified atom stereocenters. The summed E-state index contributed by atoms with van der Waals surface area (Å²) in [5, 5.41) is 11.2. The lowest BCUT2D eigenvalue weighted by Gasteiger charge is -2.18. The Hall–Kier alpha value is -1.67. The molecule has 120 valence electrons. The maximum atomic E-state index is 12.1. The van der Waals surface area contributed by atoms with Crippen molar-refractivity contribution in [3.63, 3.8) is 0 Å². The summed E-state index contributed by atoms with van der Waals surface area (Å²) in [6.07, 6.45) is 0.00995. The average molecular weight is 347 g/mol. The van der Waals surface area contributed by atoms with Gasteiger partial charge in [0.1, 0.15) is 5.69 Å². The topological polar surface area (TPSA) is 97.6 Å². The fourth-order valence-corrected chi connectivity index (χ4v) is 3.88. The molecule has 1 amide bonds. The molecule has 1 heterocycles. The Labute approximate surface area is 132 Å². The number of anilines is 1. The van der Waals surface area contributed by atoms with Crippen molar-refractivity contribution < 1.29 is 18.1 Å². The third kappa shape index (κ3) is 3.56. The van der Waals surface area contributed by atoms with Crippen molar-refractivity contribution in [1.82, 2.24) is 0 Å². The highest BCUT2D eigenvalue weighted by molar-refractivity contribution is 8.13. The first-order valence-electron chi connectivity index (χ1n) is 6.57. The van der Waals surface area contributed by atoms with Gasteiger partial charge in [0.15, 0.2) is 0 Å². The maximum Gasteiger partial charge on any atom is 0.293 e. The molecule has 0 radical (unpaired) electrons. The average Bonchev–Trinajstić information content (AvgIpc) is 2.70. The molecular formula is C13H15ClN2O5S. The molecule has 1 aliphatic heterocycles. The second kappa shape index (κ2) is 5.85. The predicted molar refractivity (Wildman–Crippen MR) is 82.7 cm³/mol. The number of halogens is 1. The lowest BCUT2D eigenvalue weighted by atomic mass is 10.1. The van der Waals surface area contributed by atoms with Crippen molar-refractivity contribution in [3.8, 4) is 0 Å². The van der Waals surface area contributed by atoms with E-state index in [0.717, 1.165) is 11.1 Å². The lowest BCUT2D eigenvalue weighted by molar-refractivity contribution is -0.384. The molecule has 2 rings (SSSR count). The highest BCUT2D eigenvalue weighted by Gasteiger charge is 2.36. The molecule has 1 aromatic rings. The van der Waals surface area contributed by atoms with Crippen LogP contribution < -0.4 is 4.90 Å². The van der Waals surface area contributed by atoms with Crippen LogP contribution in [-0.2, 0) is 13.8 Å². The van der Waals surface area contributed by atoms with E-state index in [1.54, 1.807) is 19.9 Å². The largest absolute Gasteiger partial charge is 0.306 e. The van der Waals surface area contributed by atoms with E-state index in [-0.39, 0.29) is 36.0 Å². The van der Waals surface area contributed by atoms with Crippen molar-refractivity contribution in [1.29, 1.82) is 0 Å². The molecule has 1 fully saturated rings. The van der Waals surface area contributed by atoms with E-state index in [2.05, 4.69) is 0 Å². The van der Waals surface area contributed by atoms with Gasteiger partial charge in [-0.2, -0.15) is 0 Å². The number of amides is 1. The Morgan fingerprint density at radius 2 is 1.95 bits per heavy atom. The molecular weight excluding hydrogens is 332 g/mol. The summed E-state index contributed by atoms with van der Waals surface area (Å²) in [7, 11) is 1.50. The van der Waals surface area contributed by atoms with E-state index in [0.29, 0.717) is 0 Å². The van der Waals surface area contributed by atoms with Gasteiger partial charge in [0.25, 0.3) is 5.69 Å². The molecule has 0 saturated carbocycles. The third-order valence-electron chi connectivity index (χ3n) is 3.72. The summed E-state index contributed by atoms with van der Waals surface area (Å²) in [5.41, 5.74) is 1.61.